The van der Waals surface area contributed by atoms with Crippen molar-refractivity contribution in [3.05, 3.63) is 0 Å². The largest absolute Gasteiger partial charge is 0.481 e. The molecule has 2 aliphatic carbocycles. The van der Waals surface area contributed by atoms with Crippen LogP contribution in [0.4, 0.5) is 0 Å². The molecule has 0 bridgehead atoms. The Kier molecular flexibility index (Phi) is 3.40. The molecule has 2 atom stereocenters. The van der Waals surface area contributed by atoms with Crippen LogP contribution in [0.3, 0.4) is 0 Å². The molecule has 2 unspecified atom stereocenters. The van der Waals surface area contributed by atoms with E-state index in [0.29, 0.717) is 6.54 Å². The van der Waals surface area contributed by atoms with E-state index in [1.165, 1.54) is 0 Å². The summed E-state index contributed by atoms with van der Waals surface area (Å²) in [6.45, 7) is 8.98. The third kappa shape index (κ3) is 2.26. The van der Waals surface area contributed by atoms with Crippen LogP contribution in [0.1, 0.15) is 47.0 Å². The number of hydrogen-bond donors (Lipinski definition) is 2. The zero-order valence-electron chi connectivity index (χ0n) is 12.3. The van der Waals surface area contributed by atoms with Gasteiger partial charge in [-0.15, -0.1) is 0 Å². The molecule has 0 aliphatic heterocycles. The first-order chi connectivity index (χ1) is 8.69. The van der Waals surface area contributed by atoms with Crippen LogP contribution in [0.15, 0.2) is 0 Å². The predicted molar refractivity (Wildman–Crippen MR) is 72.5 cm³/mol. The summed E-state index contributed by atoms with van der Waals surface area (Å²) in [5.41, 5.74) is 0.0813. The van der Waals surface area contributed by atoms with Crippen molar-refractivity contribution in [1.82, 2.24) is 5.32 Å². The van der Waals surface area contributed by atoms with Crippen molar-refractivity contribution in [3.63, 3.8) is 0 Å². The molecule has 108 valence electrons. The number of amides is 1. The van der Waals surface area contributed by atoms with E-state index in [4.69, 9.17) is 5.11 Å². The van der Waals surface area contributed by atoms with E-state index >= 15 is 0 Å². The van der Waals surface area contributed by atoms with Gasteiger partial charge in [0, 0.05) is 12.5 Å². The summed E-state index contributed by atoms with van der Waals surface area (Å²) in [4.78, 5) is 23.3. The van der Waals surface area contributed by atoms with Gasteiger partial charge in [-0.3, -0.25) is 9.59 Å². The molecule has 19 heavy (non-hydrogen) atoms. The molecule has 2 rings (SSSR count). The highest BCUT2D eigenvalue weighted by molar-refractivity contribution is 5.84. The normalized spacial score (nSPS) is 32.0. The number of aliphatic carboxylic acids is 1. The zero-order valence-corrected chi connectivity index (χ0v) is 12.3. The standard InChI is InChI=1S/C15H25NO3/c1-14(2)11(15(14,3)4)12(17)16-8-9-6-5-7-10(9)13(18)19/h9-11H,5-8H2,1-4H3,(H,16,17)(H,18,19). The Bertz CT molecular complexity index is 386. The fourth-order valence-corrected chi connectivity index (χ4v) is 3.79. The van der Waals surface area contributed by atoms with Gasteiger partial charge in [-0.2, -0.15) is 0 Å². The summed E-state index contributed by atoms with van der Waals surface area (Å²) in [6.07, 6.45) is 2.61. The number of carboxylic acids is 1. The van der Waals surface area contributed by atoms with Gasteiger partial charge >= 0.3 is 5.97 Å². The second-order valence-electron chi connectivity index (χ2n) is 7.26. The second-order valence-corrected chi connectivity index (χ2v) is 7.26. The van der Waals surface area contributed by atoms with Crippen molar-refractivity contribution in [3.8, 4) is 0 Å². The van der Waals surface area contributed by atoms with Gasteiger partial charge in [0.1, 0.15) is 0 Å². The first-order valence-corrected chi connectivity index (χ1v) is 7.20. The molecule has 2 N–H and O–H groups in total. The third-order valence-electron chi connectivity index (χ3n) is 5.80. The molecule has 0 heterocycles. The molecular formula is C15H25NO3. The van der Waals surface area contributed by atoms with Crippen LogP contribution in [-0.4, -0.2) is 23.5 Å². The van der Waals surface area contributed by atoms with E-state index in [1.54, 1.807) is 0 Å². The fourth-order valence-electron chi connectivity index (χ4n) is 3.79. The second kappa shape index (κ2) is 4.50. The van der Waals surface area contributed by atoms with Gasteiger partial charge in [-0.05, 0) is 29.6 Å². The molecule has 1 amide bonds. The zero-order chi connectivity index (χ0) is 14.4. The van der Waals surface area contributed by atoms with Gasteiger partial charge < -0.3 is 10.4 Å². The van der Waals surface area contributed by atoms with Crippen molar-refractivity contribution in [2.24, 2.45) is 28.6 Å². The Balaban J connectivity index is 1.87. The first-order valence-electron chi connectivity index (χ1n) is 7.20. The molecule has 2 aliphatic rings. The van der Waals surface area contributed by atoms with Gasteiger partial charge in [-0.1, -0.05) is 34.1 Å². The maximum absolute atomic E-state index is 12.2. The van der Waals surface area contributed by atoms with E-state index in [9.17, 15) is 9.59 Å². The van der Waals surface area contributed by atoms with E-state index in [2.05, 4.69) is 33.0 Å². The smallest absolute Gasteiger partial charge is 0.306 e. The summed E-state index contributed by atoms with van der Waals surface area (Å²) in [5.74, 6) is -0.758. The van der Waals surface area contributed by atoms with Gasteiger partial charge in [0.05, 0.1) is 5.92 Å². The van der Waals surface area contributed by atoms with E-state index < -0.39 is 5.97 Å². The Morgan fingerprint density at radius 2 is 1.74 bits per heavy atom. The van der Waals surface area contributed by atoms with Crippen molar-refractivity contribution in [1.29, 1.82) is 0 Å². The van der Waals surface area contributed by atoms with Crippen LogP contribution in [0.5, 0.6) is 0 Å². The molecular weight excluding hydrogens is 242 g/mol. The topological polar surface area (TPSA) is 66.4 Å². The number of nitrogens with one attached hydrogen (secondary N) is 1. The average molecular weight is 267 g/mol. The molecule has 0 aromatic carbocycles. The number of carbonyl (C=O) groups excluding carboxylic acids is 1. The minimum Gasteiger partial charge on any atom is -0.481 e. The Hall–Kier alpha value is -1.06. The van der Waals surface area contributed by atoms with Crippen molar-refractivity contribution < 1.29 is 14.7 Å². The van der Waals surface area contributed by atoms with Crippen LogP contribution in [0.25, 0.3) is 0 Å². The Labute approximate surface area is 115 Å². The summed E-state index contributed by atoms with van der Waals surface area (Å²) in [5, 5.41) is 12.1. The Morgan fingerprint density at radius 1 is 1.16 bits per heavy atom. The molecule has 4 nitrogen and oxygen atoms in total. The van der Waals surface area contributed by atoms with Gasteiger partial charge in [0.15, 0.2) is 0 Å². The summed E-state index contributed by atoms with van der Waals surface area (Å²) in [6, 6.07) is 0. The average Bonchev–Trinajstić information content (AvgIpc) is 2.68. The van der Waals surface area contributed by atoms with E-state index in [0.717, 1.165) is 19.3 Å². The lowest BCUT2D eigenvalue weighted by Crippen LogP contribution is -2.35. The highest BCUT2D eigenvalue weighted by Crippen LogP contribution is 2.68. The van der Waals surface area contributed by atoms with Crippen LogP contribution in [-0.2, 0) is 9.59 Å². The van der Waals surface area contributed by atoms with E-state index in [-0.39, 0.29) is 34.5 Å². The lowest BCUT2D eigenvalue weighted by molar-refractivity contribution is -0.143. The lowest BCUT2D eigenvalue weighted by Gasteiger charge is -2.16. The van der Waals surface area contributed by atoms with Crippen molar-refractivity contribution in [2.45, 2.75) is 47.0 Å². The summed E-state index contributed by atoms with van der Waals surface area (Å²) >= 11 is 0. The molecule has 0 aromatic rings. The first kappa shape index (κ1) is 14.4. The Morgan fingerprint density at radius 3 is 2.21 bits per heavy atom. The van der Waals surface area contributed by atoms with Crippen molar-refractivity contribution >= 4 is 11.9 Å². The van der Waals surface area contributed by atoms with Crippen LogP contribution in [0, 0.1) is 28.6 Å². The number of rotatable bonds is 4. The van der Waals surface area contributed by atoms with Crippen LogP contribution >= 0.6 is 0 Å². The number of hydrogen-bond acceptors (Lipinski definition) is 2. The molecule has 0 aromatic heterocycles. The van der Waals surface area contributed by atoms with E-state index in [1.807, 2.05) is 0 Å². The number of carbonyl (C=O) groups is 2. The molecule has 2 saturated carbocycles. The lowest BCUT2D eigenvalue weighted by atomic mass is 9.96. The highest BCUT2D eigenvalue weighted by Gasteiger charge is 2.68. The maximum Gasteiger partial charge on any atom is 0.306 e. The predicted octanol–water partition coefficient (Wildman–Crippen LogP) is 2.29. The molecule has 4 heteroatoms. The quantitative estimate of drug-likeness (QED) is 0.821. The van der Waals surface area contributed by atoms with Crippen LogP contribution in [0.2, 0.25) is 0 Å². The SMILES string of the molecule is CC1(C)C(C(=O)NCC2CCCC2C(=O)O)C1(C)C. The molecule has 0 spiro atoms. The molecule has 0 radical (unpaired) electrons. The third-order valence-corrected chi connectivity index (χ3v) is 5.80. The monoisotopic (exact) mass is 267 g/mol. The minimum atomic E-state index is -0.719. The number of carboxylic acid groups (broad SMARTS) is 1. The molecule has 0 saturated heterocycles. The van der Waals surface area contributed by atoms with Gasteiger partial charge in [-0.25, -0.2) is 0 Å². The van der Waals surface area contributed by atoms with Crippen LogP contribution < -0.4 is 5.32 Å². The fraction of sp³-hybridized carbons (Fsp3) is 0.867. The maximum atomic E-state index is 12.2. The summed E-state index contributed by atoms with van der Waals surface area (Å²) in [7, 11) is 0. The molecule has 2 fully saturated rings. The highest BCUT2D eigenvalue weighted by atomic mass is 16.4. The van der Waals surface area contributed by atoms with Gasteiger partial charge in [0.2, 0.25) is 5.91 Å². The minimum absolute atomic E-state index is 0.0406. The van der Waals surface area contributed by atoms with Gasteiger partial charge in [0.25, 0.3) is 0 Å². The summed E-state index contributed by atoms with van der Waals surface area (Å²) < 4.78 is 0. The van der Waals surface area contributed by atoms with Crippen molar-refractivity contribution in [2.75, 3.05) is 6.54 Å².